The van der Waals surface area contributed by atoms with Crippen molar-refractivity contribution in [3.05, 3.63) is 78.5 Å². The molecule has 2 amide bonds. The van der Waals surface area contributed by atoms with Crippen molar-refractivity contribution in [3.63, 3.8) is 0 Å². The van der Waals surface area contributed by atoms with Gasteiger partial charge in [0.05, 0.1) is 30.2 Å². The van der Waals surface area contributed by atoms with E-state index in [0.29, 0.717) is 28.4 Å². The third-order valence-corrected chi connectivity index (χ3v) is 3.65. The van der Waals surface area contributed by atoms with E-state index in [1.54, 1.807) is 48.5 Å². The Bertz CT molecular complexity index is 927. The van der Waals surface area contributed by atoms with Crippen LogP contribution >= 0.6 is 0 Å². The maximum absolute atomic E-state index is 12.0. The van der Waals surface area contributed by atoms with Gasteiger partial charge in [0.2, 0.25) is 0 Å². The number of nitrogens with zero attached hydrogens (tertiary/aromatic N) is 1. The van der Waals surface area contributed by atoms with Crippen LogP contribution in [0.15, 0.2) is 72.9 Å². The second-order valence-electron chi connectivity index (χ2n) is 5.54. The van der Waals surface area contributed by atoms with Crippen LogP contribution in [0.2, 0.25) is 0 Å². The Hall–Kier alpha value is -3.87. The van der Waals surface area contributed by atoms with Crippen molar-refractivity contribution in [3.8, 4) is 0 Å². The summed E-state index contributed by atoms with van der Waals surface area (Å²) >= 11 is 0. The predicted octanol–water partition coefficient (Wildman–Crippen LogP) is 4.26. The zero-order chi connectivity index (χ0) is 19.1. The number of carbonyl (C=O) groups is 2. The Morgan fingerprint density at radius 2 is 1.56 bits per heavy atom. The molecular formula is C20H18N4O3. The summed E-state index contributed by atoms with van der Waals surface area (Å²) in [4.78, 5) is 28.1. The van der Waals surface area contributed by atoms with Gasteiger partial charge in [-0.05, 0) is 36.4 Å². The van der Waals surface area contributed by atoms with Crippen molar-refractivity contribution in [2.75, 3.05) is 23.1 Å². The number of hydrogen-bond donors (Lipinski definition) is 3. The van der Waals surface area contributed by atoms with Gasteiger partial charge in [-0.1, -0.05) is 30.3 Å². The van der Waals surface area contributed by atoms with Crippen LogP contribution in [0.3, 0.4) is 0 Å². The monoisotopic (exact) mass is 362 g/mol. The van der Waals surface area contributed by atoms with Gasteiger partial charge in [-0.25, -0.2) is 14.6 Å². The zero-order valence-electron chi connectivity index (χ0n) is 14.6. The highest BCUT2D eigenvalue weighted by Gasteiger charge is 2.11. The van der Waals surface area contributed by atoms with Crippen LogP contribution in [0, 0.1) is 0 Å². The second-order valence-corrected chi connectivity index (χ2v) is 5.54. The molecule has 1 aromatic heterocycles. The van der Waals surface area contributed by atoms with Crippen molar-refractivity contribution in [2.45, 2.75) is 0 Å². The summed E-state index contributed by atoms with van der Waals surface area (Å²) in [5.74, 6) is 0.0920. The molecule has 3 aromatic rings. The number of nitrogens with one attached hydrogen (secondary N) is 3. The lowest BCUT2D eigenvalue weighted by Crippen LogP contribution is -2.19. The number of benzene rings is 2. The summed E-state index contributed by atoms with van der Waals surface area (Å²) in [5.41, 5.74) is 2.22. The van der Waals surface area contributed by atoms with Gasteiger partial charge in [0.15, 0.2) is 0 Å². The largest absolute Gasteiger partial charge is 0.465 e. The molecule has 7 heteroatoms. The normalized spacial score (nSPS) is 9.96. The topological polar surface area (TPSA) is 92.4 Å². The lowest BCUT2D eigenvalue weighted by molar-refractivity contribution is 0.0602. The number of esters is 1. The number of hydrogen-bond acceptors (Lipinski definition) is 5. The van der Waals surface area contributed by atoms with Crippen molar-refractivity contribution < 1.29 is 14.3 Å². The molecule has 136 valence electrons. The highest BCUT2D eigenvalue weighted by Crippen LogP contribution is 2.21. The molecule has 1 heterocycles. The average molecular weight is 362 g/mol. The van der Waals surface area contributed by atoms with Gasteiger partial charge in [0, 0.05) is 5.69 Å². The summed E-state index contributed by atoms with van der Waals surface area (Å²) in [6, 6.07) is 19.2. The van der Waals surface area contributed by atoms with Gasteiger partial charge < -0.3 is 20.7 Å². The standard InChI is InChI=1S/C20H18N4O3/c1-27-19(25)16-9-5-6-10-17(16)24-18-12-11-15(13-21-18)23-20(26)22-14-7-3-2-4-8-14/h2-13H,1H3,(H,21,24)(H2,22,23,26). The van der Waals surface area contributed by atoms with Crippen LogP contribution in [0.4, 0.5) is 27.7 Å². The first kappa shape index (κ1) is 17.9. The Kier molecular flexibility index (Phi) is 5.64. The molecule has 0 unspecified atom stereocenters. The van der Waals surface area contributed by atoms with E-state index in [0.717, 1.165) is 0 Å². The quantitative estimate of drug-likeness (QED) is 0.590. The lowest BCUT2D eigenvalue weighted by Gasteiger charge is -2.11. The average Bonchev–Trinajstić information content (AvgIpc) is 2.70. The Morgan fingerprint density at radius 1 is 0.852 bits per heavy atom. The number of ether oxygens (including phenoxy) is 1. The summed E-state index contributed by atoms with van der Waals surface area (Å²) in [6.45, 7) is 0. The van der Waals surface area contributed by atoms with E-state index in [1.165, 1.54) is 13.3 Å². The molecule has 0 aliphatic carbocycles. The first-order valence-electron chi connectivity index (χ1n) is 8.19. The summed E-state index contributed by atoms with van der Waals surface area (Å²) in [7, 11) is 1.33. The fourth-order valence-corrected chi connectivity index (χ4v) is 2.37. The molecule has 0 aliphatic heterocycles. The Balaban J connectivity index is 1.64. The first-order valence-corrected chi connectivity index (χ1v) is 8.19. The fraction of sp³-hybridized carbons (Fsp3) is 0.0500. The number of methoxy groups -OCH3 is 1. The molecule has 3 rings (SSSR count). The molecular weight excluding hydrogens is 344 g/mol. The van der Waals surface area contributed by atoms with Gasteiger partial charge in [0.25, 0.3) is 0 Å². The van der Waals surface area contributed by atoms with E-state index in [1.807, 2.05) is 18.2 Å². The molecule has 0 spiro atoms. The van der Waals surface area contributed by atoms with Crippen LogP contribution in [-0.4, -0.2) is 24.1 Å². The predicted molar refractivity (Wildman–Crippen MR) is 104 cm³/mol. The molecule has 2 aromatic carbocycles. The van der Waals surface area contributed by atoms with Crippen LogP contribution in [0.25, 0.3) is 0 Å². The molecule has 0 saturated carbocycles. The third kappa shape index (κ3) is 4.82. The molecule has 0 atom stereocenters. The van der Waals surface area contributed by atoms with Crippen LogP contribution in [0.5, 0.6) is 0 Å². The van der Waals surface area contributed by atoms with Crippen molar-refractivity contribution in [1.29, 1.82) is 0 Å². The highest BCUT2D eigenvalue weighted by atomic mass is 16.5. The lowest BCUT2D eigenvalue weighted by atomic mass is 10.2. The van der Waals surface area contributed by atoms with Gasteiger partial charge in [-0.2, -0.15) is 0 Å². The number of anilines is 4. The maximum Gasteiger partial charge on any atom is 0.339 e. The number of aromatic nitrogens is 1. The minimum absolute atomic E-state index is 0.361. The number of amides is 2. The van der Waals surface area contributed by atoms with E-state index in [4.69, 9.17) is 4.74 Å². The molecule has 27 heavy (non-hydrogen) atoms. The van der Waals surface area contributed by atoms with Crippen LogP contribution in [-0.2, 0) is 4.74 Å². The summed E-state index contributed by atoms with van der Waals surface area (Å²) < 4.78 is 4.77. The van der Waals surface area contributed by atoms with Crippen molar-refractivity contribution in [2.24, 2.45) is 0 Å². The number of para-hydroxylation sites is 2. The van der Waals surface area contributed by atoms with Crippen LogP contribution in [0.1, 0.15) is 10.4 Å². The molecule has 0 aliphatic rings. The third-order valence-electron chi connectivity index (χ3n) is 3.65. The Morgan fingerprint density at radius 3 is 2.26 bits per heavy atom. The van der Waals surface area contributed by atoms with Gasteiger partial charge >= 0.3 is 12.0 Å². The van der Waals surface area contributed by atoms with E-state index in [2.05, 4.69) is 20.9 Å². The fourth-order valence-electron chi connectivity index (χ4n) is 2.37. The zero-order valence-corrected chi connectivity index (χ0v) is 14.6. The number of urea groups is 1. The highest BCUT2D eigenvalue weighted by molar-refractivity contribution is 5.99. The van der Waals surface area contributed by atoms with Gasteiger partial charge in [0.1, 0.15) is 5.82 Å². The van der Waals surface area contributed by atoms with Gasteiger partial charge in [-0.3, -0.25) is 0 Å². The number of rotatable bonds is 5. The summed E-state index contributed by atoms with van der Waals surface area (Å²) in [6.07, 6.45) is 1.52. The minimum Gasteiger partial charge on any atom is -0.465 e. The summed E-state index contributed by atoms with van der Waals surface area (Å²) in [5, 5.41) is 8.50. The van der Waals surface area contributed by atoms with E-state index < -0.39 is 5.97 Å². The number of carbonyl (C=O) groups excluding carboxylic acids is 2. The number of pyridine rings is 1. The molecule has 0 bridgehead atoms. The van der Waals surface area contributed by atoms with Crippen molar-refractivity contribution in [1.82, 2.24) is 4.98 Å². The van der Waals surface area contributed by atoms with Crippen molar-refractivity contribution >= 4 is 34.9 Å². The van der Waals surface area contributed by atoms with E-state index >= 15 is 0 Å². The molecule has 0 fully saturated rings. The minimum atomic E-state index is -0.436. The maximum atomic E-state index is 12.0. The molecule has 0 saturated heterocycles. The van der Waals surface area contributed by atoms with E-state index in [-0.39, 0.29) is 6.03 Å². The second kappa shape index (κ2) is 8.48. The Labute approximate surface area is 156 Å². The molecule has 0 radical (unpaired) electrons. The first-order chi connectivity index (χ1) is 13.2. The molecule has 7 nitrogen and oxygen atoms in total. The van der Waals surface area contributed by atoms with Gasteiger partial charge in [-0.15, -0.1) is 0 Å². The molecule has 3 N–H and O–H groups in total. The SMILES string of the molecule is COC(=O)c1ccccc1Nc1ccc(NC(=O)Nc2ccccc2)cn1. The van der Waals surface area contributed by atoms with E-state index in [9.17, 15) is 9.59 Å². The smallest absolute Gasteiger partial charge is 0.339 e. The van der Waals surface area contributed by atoms with Crippen LogP contribution < -0.4 is 16.0 Å².